The van der Waals surface area contributed by atoms with Crippen molar-refractivity contribution in [3.63, 3.8) is 0 Å². The van der Waals surface area contributed by atoms with E-state index >= 15 is 0 Å². The molecule has 0 fully saturated rings. The lowest BCUT2D eigenvalue weighted by atomic mass is 9.86. The predicted molar refractivity (Wildman–Crippen MR) is 69.4 cm³/mol. The maximum atomic E-state index is 10.8. The highest BCUT2D eigenvalue weighted by atomic mass is 16.5. The van der Waals surface area contributed by atoms with Crippen LogP contribution in [0.4, 0.5) is 0 Å². The lowest BCUT2D eigenvalue weighted by Gasteiger charge is -2.22. The van der Waals surface area contributed by atoms with Crippen LogP contribution in [0.2, 0.25) is 0 Å². The average molecular weight is 249 g/mol. The first-order valence-corrected chi connectivity index (χ1v) is 6.36. The Bertz CT molecular complexity index is 379. The van der Waals surface area contributed by atoms with Gasteiger partial charge in [0, 0.05) is 5.97 Å². The Hall–Kier alpha value is -1.51. The van der Waals surface area contributed by atoms with E-state index in [1.54, 1.807) is 0 Å². The SMILES string of the molecule is CC(C)Oc1ccc([C@@H](CC(=O)[O-])C(C)C)cc1. The number of carbonyl (C=O) groups is 1. The van der Waals surface area contributed by atoms with Crippen molar-refractivity contribution < 1.29 is 14.6 Å². The Labute approximate surface area is 109 Å². The summed E-state index contributed by atoms with van der Waals surface area (Å²) in [5.41, 5.74) is 1.02. The minimum absolute atomic E-state index is 0.0110. The summed E-state index contributed by atoms with van der Waals surface area (Å²) in [6, 6.07) is 7.65. The highest BCUT2D eigenvalue weighted by Crippen LogP contribution is 2.29. The number of rotatable bonds is 6. The van der Waals surface area contributed by atoms with Gasteiger partial charge in [0.15, 0.2) is 0 Å². The number of carbonyl (C=O) groups excluding carboxylic acids is 1. The van der Waals surface area contributed by atoms with Gasteiger partial charge in [0.25, 0.3) is 0 Å². The fraction of sp³-hybridized carbons (Fsp3) is 0.533. The molecule has 1 atom stereocenters. The van der Waals surface area contributed by atoms with Crippen molar-refractivity contribution in [2.45, 2.75) is 46.1 Å². The molecule has 0 aliphatic heterocycles. The highest BCUT2D eigenvalue weighted by Gasteiger charge is 2.16. The number of ether oxygens (including phenoxy) is 1. The fourth-order valence-corrected chi connectivity index (χ4v) is 1.98. The number of carboxylic acids is 1. The summed E-state index contributed by atoms with van der Waals surface area (Å²) in [4.78, 5) is 10.8. The monoisotopic (exact) mass is 249 g/mol. The molecule has 1 rings (SSSR count). The fourth-order valence-electron chi connectivity index (χ4n) is 1.98. The van der Waals surface area contributed by atoms with Crippen molar-refractivity contribution in [3.05, 3.63) is 29.8 Å². The van der Waals surface area contributed by atoms with E-state index < -0.39 is 5.97 Å². The Morgan fingerprint density at radius 2 is 1.72 bits per heavy atom. The van der Waals surface area contributed by atoms with Gasteiger partial charge < -0.3 is 14.6 Å². The van der Waals surface area contributed by atoms with Gasteiger partial charge in [-0.1, -0.05) is 26.0 Å². The molecule has 0 saturated heterocycles. The van der Waals surface area contributed by atoms with Crippen molar-refractivity contribution in [1.29, 1.82) is 0 Å². The van der Waals surface area contributed by atoms with Gasteiger partial charge in [-0.3, -0.25) is 0 Å². The first kappa shape index (κ1) is 14.6. The number of hydrogen-bond donors (Lipinski definition) is 0. The van der Waals surface area contributed by atoms with Crippen LogP contribution in [0.1, 0.15) is 45.6 Å². The van der Waals surface area contributed by atoms with Crippen LogP contribution in [-0.4, -0.2) is 12.1 Å². The van der Waals surface area contributed by atoms with Gasteiger partial charge >= 0.3 is 0 Å². The Balaban J connectivity index is 2.83. The van der Waals surface area contributed by atoms with E-state index in [1.165, 1.54) is 0 Å². The quantitative estimate of drug-likeness (QED) is 0.777. The maximum absolute atomic E-state index is 10.8. The summed E-state index contributed by atoms with van der Waals surface area (Å²) in [7, 11) is 0. The molecule has 0 amide bonds. The third-order valence-electron chi connectivity index (χ3n) is 2.87. The standard InChI is InChI=1S/C15H22O3/c1-10(2)14(9-15(16)17)12-5-7-13(8-6-12)18-11(3)4/h5-8,10-11,14H,9H2,1-4H3,(H,16,17)/p-1/t14-/m0/s1. The van der Waals surface area contributed by atoms with E-state index in [4.69, 9.17) is 4.74 Å². The van der Waals surface area contributed by atoms with E-state index in [0.717, 1.165) is 11.3 Å². The van der Waals surface area contributed by atoms with Crippen LogP contribution in [-0.2, 0) is 4.79 Å². The maximum Gasteiger partial charge on any atom is 0.119 e. The number of aliphatic carboxylic acids is 1. The molecule has 0 aromatic heterocycles. The van der Waals surface area contributed by atoms with Crippen LogP contribution in [0.5, 0.6) is 5.75 Å². The zero-order valence-corrected chi connectivity index (χ0v) is 11.5. The molecule has 0 heterocycles. The second-order valence-corrected chi connectivity index (χ2v) is 5.16. The first-order chi connectivity index (χ1) is 8.40. The van der Waals surface area contributed by atoms with Gasteiger partial charge in [0.2, 0.25) is 0 Å². The van der Waals surface area contributed by atoms with Gasteiger partial charge in [-0.25, -0.2) is 0 Å². The predicted octanol–water partition coefficient (Wildman–Crippen LogP) is 2.35. The Kier molecular flexibility index (Phi) is 5.20. The van der Waals surface area contributed by atoms with Crippen molar-refractivity contribution in [2.75, 3.05) is 0 Å². The largest absolute Gasteiger partial charge is 0.550 e. The second kappa shape index (κ2) is 6.43. The van der Waals surface area contributed by atoms with E-state index in [9.17, 15) is 9.90 Å². The van der Waals surface area contributed by atoms with Crippen LogP contribution >= 0.6 is 0 Å². The topological polar surface area (TPSA) is 49.4 Å². The summed E-state index contributed by atoms with van der Waals surface area (Å²) in [5, 5.41) is 10.8. The molecule has 0 aliphatic carbocycles. The van der Waals surface area contributed by atoms with Crippen molar-refractivity contribution in [3.8, 4) is 5.75 Å². The van der Waals surface area contributed by atoms with Gasteiger partial charge in [0.05, 0.1) is 6.10 Å². The molecular weight excluding hydrogens is 228 g/mol. The third kappa shape index (κ3) is 4.40. The molecule has 0 spiro atoms. The molecule has 18 heavy (non-hydrogen) atoms. The van der Waals surface area contributed by atoms with Crippen molar-refractivity contribution in [1.82, 2.24) is 0 Å². The lowest BCUT2D eigenvalue weighted by Crippen LogP contribution is -2.26. The van der Waals surface area contributed by atoms with E-state index in [2.05, 4.69) is 0 Å². The van der Waals surface area contributed by atoms with Crippen LogP contribution in [0.3, 0.4) is 0 Å². The normalized spacial score (nSPS) is 12.8. The molecule has 0 N–H and O–H groups in total. The Morgan fingerprint density at radius 3 is 2.11 bits per heavy atom. The van der Waals surface area contributed by atoms with Gasteiger partial charge in [-0.15, -0.1) is 0 Å². The summed E-state index contributed by atoms with van der Waals surface area (Å²) >= 11 is 0. The van der Waals surface area contributed by atoms with Crippen LogP contribution in [0.25, 0.3) is 0 Å². The summed E-state index contributed by atoms with van der Waals surface area (Å²) in [6.07, 6.45) is 0.196. The summed E-state index contributed by atoms with van der Waals surface area (Å²) in [6.45, 7) is 7.99. The molecule has 0 aliphatic rings. The summed E-state index contributed by atoms with van der Waals surface area (Å²) < 4.78 is 5.56. The number of carboxylic acid groups (broad SMARTS) is 1. The molecule has 0 radical (unpaired) electrons. The minimum Gasteiger partial charge on any atom is -0.550 e. The molecule has 3 nitrogen and oxygen atoms in total. The van der Waals surface area contributed by atoms with Crippen LogP contribution in [0, 0.1) is 5.92 Å². The van der Waals surface area contributed by atoms with E-state index in [0.29, 0.717) is 0 Å². The van der Waals surface area contributed by atoms with Gasteiger partial charge in [0.1, 0.15) is 5.75 Å². The first-order valence-electron chi connectivity index (χ1n) is 6.36. The van der Waals surface area contributed by atoms with Crippen LogP contribution < -0.4 is 9.84 Å². The van der Waals surface area contributed by atoms with E-state index in [-0.39, 0.29) is 24.4 Å². The molecule has 1 aromatic carbocycles. The average Bonchev–Trinajstić information content (AvgIpc) is 2.26. The molecule has 0 bridgehead atoms. The molecular formula is C15H21O3-. The van der Waals surface area contributed by atoms with Crippen molar-refractivity contribution in [2.24, 2.45) is 5.92 Å². The molecule has 0 saturated carbocycles. The smallest absolute Gasteiger partial charge is 0.119 e. The Morgan fingerprint density at radius 1 is 1.17 bits per heavy atom. The van der Waals surface area contributed by atoms with Gasteiger partial charge in [-0.2, -0.15) is 0 Å². The zero-order chi connectivity index (χ0) is 13.7. The molecule has 100 valence electrons. The molecule has 3 heteroatoms. The lowest BCUT2D eigenvalue weighted by molar-refractivity contribution is -0.306. The zero-order valence-electron chi connectivity index (χ0n) is 11.5. The number of hydrogen-bond acceptors (Lipinski definition) is 3. The van der Waals surface area contributed by atoms with E-state index in [1.807, 2.05) is 52.0 Å². The van der Waals surface area contributed by atoms with Gasteiger partial charge in [-0.05, 0) is 49.8 Å². The molecule has 1 aromatic rings. The second-order valence-electron chi connectivity index (χ2n) is 5.16. The summed E-state index contributed by atoms with van der Waals surface area (Å²) in [5.74, 6) is 0.0591. The third-order valence-corrected chi connectivity index (χ3v) is 2.87. The van der Waals surface area contributed by atoms with Crippen molar-refractivity contribution >= 4 is 5.97 Å². The molecule has 0 unspecified atom stereocenters. The van der Waals surface area contributed by atoms with Crippen LogP contribution in [0.15, 0.2) is 24.3 Å². The minimum atomic E-state index is -1.00. The highest BCUT2D eigenvalue weighted by molar-refractivity contribution is 5.65. The number of benzene rings is 1.